The van der Waals surface area contributed by atoms with Gasteiger partial charge in [-0.1, -0.05) is 19.1 Å². The Hall–Kier alpha value is -3.75. The average Bonchev–Trinajstić information content (AvgIpc) is 3.62. The van der Waals surface area contributed by atoms with Gasteiger partial charge in [0.2, 0.25) is 0 Å². The molecular formula is C26H24N6OS. The lowest BCUT2D eigenvalue weighted by Crippen LogP contribution is -2.14. The van der Waals surface area contributed by atoms with Crippen molar-refractivity contribution in [1.82, 2.24) is 25.0 Å². The summed E-state index contributed by atoms with van der Waals surface area (Å²) in [6.07, 6.45) is 3.66. The molecule has 8 heteroatoms. The van der Waals surface area contributed by atoms with Crippen LogP contribution in [-0.2, 0) is 20.1 Å². The van der Waals surface area contributed by atoms with Crippen molar-refractivity contribution in [1.29, 1.82) is 0 Å². The molecule has 3 N–H and O–H groups in total. The number of benzene rings is 1. The highest BCUT2D eigenvalue weighted by atomic mass is 32.1. The molecule has 5 aromatic rings. The monoisotopic (exact) mass is 468 g/mol. The predicted molar refractivity (Wildman–Crippen MR) is 136 cm³/mol. The number of rotatable bonds is 5. The van der Waals surface area contributed by atoms with Crippen LogP contribution in [0.3, 0.4) is 0 Å². The maximum absolute atomic E-state index is 9.74. The van der Waals surface area contributed by atoms with Crippen LogP contribution in [0.5, 0.6) is 0 Å². The molecule has 0 bridgehead atoms. The van der Waals surface area contributed by atoms with Crippen LogP contribution < -0.4 is 5.32 Å². The van der Waals surface area contributed by atoms with Gasteiger partial charge in [0.15, 0.2) is 0 Å². The number of aromatic amines is 1. The van der Waals surface area contributed by atoms with E-state index in [0.717, 1.165) is 52.2 Å². The van der Waals surface area contributed by atoms with Crippen molar-refractivity contribution in [2.24, 2.45) is 7.05 Å². The van der Waals surface area contributed by atoms with Gasteiger partial charge in [-0.3, -0.25) is 9.78 Å². The summed E-state index contributed by atoms with van der Waals surface area (Å²) in [5, 5.41) is 29.9. The molecule has 34 heavy (non-hydrogen) atoms. The molecule has 1 aliphatic heterocycles. The van der Waals surface area contributed by atoms with E-state index in [1.807, 2.05) is 25.4 Å². The lowest BCUT2D eigenvalue weighted by Gasteiger charge is -2.25. The summed E-state index contributed by atoms with van der Waals surface area (Å²) in [5.74, 6) is 0. The number of aliphatic hydroxyl groups excluding tert-OH is 1. The quantitative estimate of drug-likeness (QED) is 0.323. The number of allylic oxidation sites excluding steroid dienone is 1. The second-order valence-corrected chi connectivity index (χ2v) is 9.24. The van der Waals surface area contributed by atoms with E-state index in [9.17, 15) is 5.11 Å². The van der Waals surface area contributed by atoms with Crippen LogP contribution in [0.4, 0.5) is 5.69 Å². The van der Waals surface area contributed by atoms with Gasteiger partial charge in [-0.2, -0.15) is 21.5 Å². The van der Waals surface area contributed by atoms with E-state index in [2.05, 4.69) is 62.6 Å². The van der Waals surface area contributed by atoms with Crippen molar-refractivity contribution in [2.75, 3.05) is 5.32 Å². The number of hydrogen-bond donors (Lipinski definition) is 3. The number of nitrogens with zero attached hydrogens (tertiary/aromatic N) is 4. The first-order valence-corrected chi connectivity index (χ1v) is 12.2. The Morgan fingerprint density at radius 1 is 1.15 bits per heavy atom. The molecule has 6 rings (SSSR count). The van der Waals surface area contributed by atoms with E-state index >= 15 is 0 Å². The number of hydrogen-bond acceptors (Lipinski definition) is 6. The second-order valence-electron chi connectivity index (χ2n) is 8.46. The third kappa shape index (κ3) is 3.34. The van der Waals surface area contributed by atoms with Gasteiger partial charge in [-0.25, -0.2) is 4.98 Å². The Bertz CT molecular complexity index is 1540. The first-order valence-electron chi connectivity index (χ1n) is 11.3. The van der Waals surface area contributed by atoms with Gasteiger partial charge in [-0.05, 0) is 70.1 Å². The minimum Gasteiger partial charge on any atom is -0.390 e. The zero-order valence-electron chi connectivity index (χ0n) is 19.0. The normalized spacial score (nSPS) is 13.4. The molecule has 0 aliphatic carbocycles. The molecule has 1 aliphatic rings. The molecule has 1 aromatic carbocycles. The lowest BCUT2D eigenvalue weighted by atomic mass is 9.89. The summed E-state index contributed by atoms with van der Waals surface area (Å²) in [6.45, 7) is 2.05. The molecule has 0 unspecified atom stereocenters. The van der Waals surface area contributed by atoms with Crippen LogP contribution >= 0.6 is 11.3 Å². The van der Waals surface area contributed by atoms with E-state index in [1.165, 1.54) is 22.3 Å². The lowest BCUT2D eigenvalue weighted by molar-refractivity contribution is 0.276. The highest BCUT2D eigenvalue weighted by Crippen LogP contribution is 2.40. The van der Waals surface area contributed by atoms with Crippen LogP contribution in [0.2, 0.25) is 0 Å². The number of thiophene rings is 1. The maximum atomic E-state index is 9.74. The van der Waals surface area contributed by atoms with Gasteiger partial charge in [0, 0.05) is 24.5 Å². The van der Waals surface area contributed by atoms with Crippen molar-refractivity contribution in [2.45, 2.75) is 26.4 Å². The van der Waals surface area contributed by atoms with Crippen molar-refractivity contribution >= 4 is 33.8 Å². The molecule has 7 nitrogen and oxygen atoms in total. The Labute approximate surface area is 200 Å². The Morgan fingerprint density at radius 3 is 2.85 bits per heavy atom. The zero-order chi connectivity index (χ0) is 23.2. The van der Waals surface area contributed by atoms with Crippen molar-refractivity contribution in [3.05, 3.63) is 75.9 Å². The minimum absolute atomic E-state index is 0.135. The molecule has 0 amide bonds. The topological polar surface area (TPSA) is 91.7 Å². The zero-order valence-corrected chi connectivity index (χ0v) is 19.8. The number of anilines is 1. The van der Waals surface area contributed by atoms with E-state index in [4.69, 9.17) is 4.98 Å². The second kappa shape index (κ2) is 8.23. The molecule has 0 fully saturated rings. The summed E-state index contributed by atoms with van der Waals surface area (Å²) in [4.78, 5) is 4.95. The van der Waals surface area contributed by atoms with Gasteiger partial charge in [0.05, 0.1) is 29.2 Å². The van der Waals surface area contributed by atoms with Crippen molar-refractivity contribution in [3.63, 3.8) is 0 Å². The van der Waals surface area contributed by atoms with E-state index in [-0.39, 0.29) is 6.61 Å². The smallest absolute Gasteiger partial charge is 0.135 e. The van der Waals surface area contributed by atoms with Crippen LogP contribution in [0.15, 0.2) is 58.9 Å². The van der Waals surface area contributed by atoms with Crippen LogP contribution in [-0.4, -0.2) is 30.1 Å². The van der Waals surface area contributed by atoms with Crippen molar-refractivity contribution < 1.29 is 5.11 Å². The molecule has 0 saturated carbocycles. The Kier molecular flexibility index (Phi) is 5.04. The molecule has 5 heterocycles. The van der Waals surface area contributed by atoms with E-state index in [1.54, 1.807) is 16.0 Å². The molecule has 170 valence electrons. The minimum atomic E-state index is -0.135. The number of aromatic nitrogens is 5. The number of nitrogens with one attached hydrogen (secondary N) is 2. The Morgan fingerprint density at radius 2 is 2.06 bits per heavy atom. The summed E-state index contributed by atoms with van der Waals surface area (Å²) >= 11 is 1.72. The van der Waals surface area contributed by atoms with Crippen LogP contribution in [0.1, 0.15) is 30.3 Å². The van der Waals surface area contributed by atoms with Gasteiger partial charge in [-0.15, -0.1) is 0 Å². The highest BCUT2D eigenvalue weighted by molar-refractivity contribution is 7.08. The van der Waals surface area contributed by atoms with E-state index < -0.39 is 0 Å². The highest BCUT2D eigenvalue weighted by Gasteiger charge is 2.24. The molecule has 0 radical (unpaired) electrons. The van der Waals surface area contributed by atoms with Crippen molar-refractivity contribution in [3.8, 4) is 22.4 Å². The molecule has 0 atom stereocenters. The summed E-state index contributed by atoms with van der Waals surface area (Å²) in [6, 6.07) is 12.5. The first-order chi connectivity index (χ1) is 16.7. The summed E-state index contributed by atoms with van der Waals surface area (Å²) < 4.78 is 1.70. The maximum Gasteiger partial charge on any atom is 0.135 e. The number of aryl methyl sites for hydroxylation is 1. The van der Waals surface area contributed by atoms with Gasteiger partial charge in [0.25, 0.3) is 0 Å². The van der Waals surface area contributed by atoms with E-state index in [0.29, 0.717) is 5.69 Å². The average molecular weight is 469 g/mol. The fourth-order valence-electron chi connectivity index (χ4n) is 4.72. The first kappa shape index (κ1) is 20.8. The predicted octanol–water partition coefficient (Wildman–Crippen LogP) is 5.37. The fourth-order valence-corrected chi connectivity index (χ4v) is 5.38. The third-order valence-electron chi connectivity index (χ3n) is 6.41. The standard InChI is InChI=1S/C26H24N6OS/c1-3-15-11-18-17(16-9-10-34-14-16)5-4-6-20(18)27-24(15)26-25-22(29-30-26)8-7-21(28-25)19-12-32(2)31-23(19)13-33/h4-10,12,14,27,33H,3,11,13H2,1-2H3,(H,29,30). The van der Waals surface area contributed by atoms with Crippen LogP contribution in [0, 0.1) is 0 Å². The molecule has 0 saturated heterocycles. The molecular weight excluding hydrogens is 444 g/mol. The fraction of sp³-hybridized carbons (Fsp3) is 0.192. The number of aliphatic hydroxyl groups is 1. The number of pyridine rings is 1. The van der Waals surface area contributed by atoms with Gasteiger partial charge in [0.1, 0.15) is 11.2 Å². The number of fused-ring (bicyclic) bond motifs is 2. The summed E-state index contributed by atoms with van der Waals surface area (Å²) in [7, 11) is 1.84. The largest absolute Gasteiger partial charge is 0.390 e. The number of H-pyrrole nitrogens is 1. The SMILES string of the molecule is CCC1=C(c2n[nH]c3ccc(-c4cn(C)nc4CO)nc23)Nc2cccc(-c3ccsc3)c2C1. The molecule has 0 spiro atoms. The summed E-state index contributed by atoms with van der Waals surface area (Å²) in [5.41, 5.74) is 12.0. The van der Waals surface area contributed by atoms with Crippen LogP contribution in [0.25, 0.3) is 39.1 Å². The van der Waals surface area contributed by atoms with Gasteiger partial charge >= 0.3 is 0 Å². The molecule has 4 aromatic heterocycles. The van der Waals surface area contributed by atoms with Gasteiger partial charge < -0.3 is 10.4 Å². The third-order valence-corrected chi connectivity index (χ3v) is 7.10. The Balaban J connectivity index is 1.47.